The van der Waals surface area contributed by atoms with Crippen molar-refractivity contribution in [2.75, 3.05) is 27.8 Å². The number of nitrogens with zero attached hydrogens (tertiary/aromatic N) is 2. The first-order valence-corrected chi connectivity index (χ1v) is 13.9. The molecule has 0 aromatic rings. The van der Waals surface area contributed by atoms with Gasteiger partial charge in [0, 0.05) is 40.3 Å². The van der Waals surface area contributed by atoms with E-state index >= 15 is 0 Å². The van der Waals surface area contributed by atoms with Gasteiger partial charge in [-0.3, -0.25) is 14.4 Å². The Morgan fingerprint density at radius 1 is 1.08 bits per heavy atom. The third-order valence-corrected chi connectivity index (χ3v) is 7.99. The van der Waals surface area contributed by atoms with Crippen molar-refractivity contribution in [2.24, 2.45) is 17.8 Å². The smallest absolute Gasteiger partial charge is 0.225 e. The van der Waals surface area contributed by atoms with E-state index in [1.807, 2.05) is 46.6 Å². The summed E-state index contributed by atoms with van der Waals surface area (Å²) in [5, 5.41) is 2.99. The van der Waals surface area contributed by atoms with Crippen molar-refractivity contribution >= 4 is 17.7 Å². The molecule has 0 saturated carbocycles. The Kier molecular flexibility index (Phi) is 13.8. The molecule has 1 heterocycles. The van der Waals surface area contributed by atoms with Gasteiger partial charge >= 0.3 is 0 Å². The van der Waals surface area contributed by atoms with Crippen molar-refractivity contribution in [3.8, 4) is 0 Å². The molecule has 1 aliphatic heterocycles. The van der Waals surface area contributed by atoms with Gasteiger partial charge in [-0.25, -0.2) is 0 Å². The van der Waals surface area contributed by atoms with Crippen LogP contribution in [-0.4, -0.2) is 85.7 Å². The molecule has 1 fully saturated rings. The normalized spacial score (nSPS) is 20.6. The van der Waals surface area contributed by atoms with Crippen LogP contribution in [0.3, 0.4) is 0 Å². The molecule has 214 valence electrons. The maximum atomic E-state index is 13.7. The second-order valence-electron chi connectivity index (χ2n) is 11.3. The Balaban J connectivity index is 3.08. The molecule has 8 nitrogen and oxygen atoms in total. The average molecular weight is 524 g/mol. The first-order valence-electron chi connectivity index (χ1n) is 13.9. The lowest BCUT2D eigenvalue weighted by molar-refractivity contribution is -0.146. The minimum Gasteiger partial charge on any atom is -0.379 e. The fourth-order valence-corrected chi connectivity index (χ4v) is 5.29. The maximum absolute atomic E-state index is 13.7. The number of hydrogen-bond acceptors (Lipinski definition) is 5. The van der Waals surface area contributed by atoms with Crippen LogP contribution in [0.5, 0.6) is 0 Å². The molecule has 37 heavy (non-hydrogen) atoms. The van der Waals surface area contributed by atoms with Gasteiger partial charge in [0.25, 0.3) is 0 Å². The summed E-state index contributed by atoms with van der Waals surface area (Å²) < 4.78 is 11.7. The first kappa shape index (κ1) is 33.1. The zero-order valence-corrected chi connectivity index (χ0v) is 25.0. The van der Waals surface area contributed by atoms with E-state index in [1.54, 1.807) is 19.1 Å². The number of hydrogen-bond donors (Lipinski definition) is 1. The topological polar surface area (TPSA) is 88.2 Å². The highest BCUT2D eigenvalue weighted by Gasteiger charge is 2.42. The highest BCUT2D eigenvalue weighted by molar-refractivity contribution is 5.81. The molecule has 0 aliphatic carbocycles. The molecule has 0 aromatic carbocycles. The molecule has 0 bridgehead atoms. The van der Waals surface area contributed by atoms with Crippen LogP contribution in [0, 0.1) is 17.8 Å². The number of carbonyl (C=O) groups is 3. The molecule has 0 radical (unpaired) electrons. The number of carbonyl (C=O) groups excluding carboxylic acids is 3. The van der Waals surface area contributed by atoms with Crippen LogP contribution in [0.25, 0.3) is 0 Å². The Morgan fingerprint density at radius 2 is 1.70 bits per heavy atom. The highest BCUT2D eigenvalue weighted by Crippen LogP contribution is 2.29. The maximum Gasteiger partial charge on any atom is 0.225 e. The number of nitrogens with one attached hydrogen (secondary N) is 1. The van der Waals surface area contributed by atoms with E-state index in [1.165, 1.54) is 0 Å². The summed E-state index contributed by atoms with van der Waals surface area (Å²) in [6.07, 6.45) is 2.27. The van der Waals surface area contributed by atoms with Gasteiger partial charge in [-0.2, -0.15) is 0 Å². The minimum atomic E-state index is -0.434. The SMILES string of the molecule is C=C(C)[C@H](C)NC(=O)[C@H](C)[C@@H](OC)[C@@H]1CCCN1C(=O)C[C@@H](OC)[C@H]([C@@H](C)CC)N(C)C(=O)CC(C)C. The van der Waals surface area contributed by atoms with Crippen LogP contribution in [-0.2, 0) is 23.9 Å². The number of likely N-dealkylation sites (N-methyl/N-ethyl adjacent to an activating group) is 1. The van der Waals surface area contributed by atoms with Crippen molar-refractivity contribution < 1.29 is 23.9 Å². The molecule has 3 amide bonds. The Hall–Kier alpha value is -1.93. The van der Waals surface area contributed by atoms with Gasteiger partial charge in [-0.05, 0) is 38.5 Å². The van der Waals surface area contributed by atoms with Crippen molar-refractivity contribution in [1.82, 2.24) is 15.1 Å². The summed E-state index contributed by atoms with van der Waals surface area (Å²) >= 11 is 0. The summed E-state index contributed by atoms with van der Waals surface area (Å²) in [6, 6.07) is -0.542. The lowest BCUT2D eigenvalue weighted by Crippen LogP contribution is -2.53. The van der Waals surface area contributed by atoms with Crippen LogP contribution < -0.4 is 5.32 Å². The van der Waals surface area contributed by atoms with Gasteiger partial charge in [-0.15, -0.1) is 0 Å². The van der Waals surface area contributed by atoms with E-state index < -0.39 is 18.1 Å². The van der Waals surface area contributed by atoms with Crippen LogP contribution in [0.4, 0.5) is 0 Å². The molecule has 0 unspecified atom stereocenters. The largest absolute Gasteiger partial charge is 0.379 e. The van der Waals surface area contributed by atoms with E-state index in [4.69, 9.17) is 9.47 Å². The summed E-state index contributed by atoms with van der Waals surface area (Å²) in [5.41, 5.74) is 0.880. The zero-order valence-electron chi connectivity index (χ0n) is 25.0. The molecular weight excluding hydrogens is 470 g/mol. The number of ether oxygens (including phenoxy) is 2. The molecule has 0 spiro atoms. The van der Waals surface area contributed by atoms with Crippen molar-refractivity contribution in [3.63, 3.8) is 0 Å². The fraction of sp³-hybridized carbons (Fsp3) is 0.828. The monoisotopic (exact) mass is 523 g/mol. The number of rotatable bonds is 15. The lowest BCUT2D eigenvalue weighted by Gasteiger charge is -2.39. The molecule has 1 aliphatic rings. The fourth-order valence-electron chi connectivity index (χ4n) is 5.29. The van der Waals surface area contributed by atoms with E-state index in [0.29, 0.717) is 13.0 Å². The molecule has 1 saturated heterocycles. The summed E-state index contributed by atoms with van der Waals surface area (Å²) in [6.45, 7) is 18.4. The van der Waals surface area contributed by atoms with Crippen LogP contribution in [0.1, 0.15) is 80.6 Å². The van der Waals surface area contributed by atoms with E-state index in [0.717, 1.165) is 24.8 Å². The number of likely N-dealkylation sites (tertiary alicyclic amines) is 1. The predicted octanol–water partition coefficient (Wildman–Crippen LogP) is 4.03. The quantitative estimate of drug-likeness (QED) is 0.328. The lowest BCUT2D eigenvalue weighted by atomic mass is 9.90. The van der Waals surface area contributed by atoms with E-state index in [9.17, 15) is 14.4 Å². The summed E-state index contributed by atoms with van der Waals surface area (Å²) in [4.78, 5) is 43.2. The summed E-state index contributed by atoms with van der Waals surface area (Å²) in [5.74, 6) is -0.0906. The Morgan fingerprint density at radius 3 is 2.19 bits per heavy atom. The van der Waals surface area contributed by atoms with Crippen LogP contribution in [0.2, 0.25) is 0 Å². The predicted molar refractivity (Wildman–Crippen MR) is 148 cm³/mol. The summed E-state index contributed by atoms with van der Waals surface area (Å²) in [7, 11) is 5.04. The van der Waals surface area contributed by atoms with Crippen molar-refractivity contribution in [2.45, 2.75) is 111 Å². The molecule has 1 N–H and O–H groups in total. The van der Waals surface area contributed by atoms with Gasteiger partial charge in [-0.1, -0.05) is 53.2 Å². The van der Waals surface area contributed by atoms with Crippen molar-refractivity contribution in [1.29, 1.82) is 0 Å². The highest BCUT2D eigenvalue weighted by atomic mass is 16.5. The van der Waals surface area contributed by atoms with Gasteiger partial charge in [0.2, 0.25) is 17.7 Å². The molecular formula is C29H53N3O5. The van der Waals surface area contributed by atoms with Crippen molar-refractivity contribution in [3.05, 3.63) is 12.2 Å². The third-order valence-electron chi connectivity index (χ3n) is 7.99. The average Bonchev–Trinajstić information content (AvgIpc) is 3.32. The first-order chi connectivity index (χ1) is 17.3. The third kappa shape index (κ3) is 9.10. The van der Waals surface area contributed by atoms with Crippen LogP contribution in [0.15, 0.2) is 12.2 Å². The number of amides is 3. The molecule has 0 aromatic heterocycles. The van der Waals surface area contributed by atoms with Gasteiger partial charge < -0.3 is 24.6 Å². The number of methoxy groups -OCH3 is 2. The molecule has 7 atom stereocenters. The zero-order chi connectivity index (χ0) is 28.4. The second-order valence-corrected chi connectivity index (χ2v) is 11.3. The van der Waals surface area contributed by atoms with Crippen LogP contribution >= 0.6 is 0 Å². The second kappa shape index (κ2) is 15.5. The standard InChI is InChI=1S/C29H53N3O5/c1-12-20(6)27(31(9)25(33)16-18(2)3)24(36-10)17-26(34)32-15-13-14-23(32)28(37-11)21(7)29(35)30-22(8)19(4)5/h18,20-24,27-28H,4,12-17H2,1-3,5-11H3,(H,30,35)/t20-,21+,22-,23-,24+,27-,28+/m0/s1. The Bertz CT molecular complexity index is 771. The minimum absolute atomic E-state index is 0.0303. The van der Waals surface area contributed by atoms with E-state index in [-0.39, 0.29) is 54.1 Å². The van der Waals surface area contributed by atoms with Gasteiger partial charge in [0.05, 0.1) is 36.6 Å². The molecule has 8 heteroatoms. The van der Waals surface area contributed by atoms with Gasteiger partial charge in [0.15, 0.2) is 0 Å². The Labute approximate surface area is 225 Å². The van der Waals surface area contributed by atoms with E-state index in [2.05, 4.69) is 25.7 Å². The molecule has 1 rings (SSSR count). The van der Waals surface area contributed by atoms with Gasteiger partial charge in [0.1, 0.15) is 0 Å².